The molecule has 22 heavy (non-hydrogen) atoms. The van der Waals surface area contributed by atoms with Gasteiger partial charge in [0.15, 0.2) is 0 Å². The van der Waals surface area contributed by atoms with Gasteiger partial charge < -0.3 is 15.7 Å². The lowest BCUT2D eigenvalue weighted by molar-refractivity contribution is -0.137. The molecule has 0 unspecified atom stereocenters. The number of hydrogen-bond acceptors (Lipinski definition) is 3. The molecule has 0 aromatic heterocycles. The van der Waals surface area contributed by atoms with Gasteiger partial charge >= 0.3 is 11.8 Å². The van der Waals surface area contributed by atoms with Gasteiger partial charge in [0.1, 0.15) is 5.82 Å². The first-order valence-corrected chi connectivity index (χ1v) is 7.54. The SMILES string of the molecule is O=C(NCC1(O)CCCCC1)C(=O)Nc1ccc(Cl)cc1F. The van der Waals surface area contributed by atoms with E-state index in [0.717, 1.165) is 25.3 Å². The topological polar surface area (TPSA) is 78.4 Å². The zero-order valence-electron chi connectivity index (χ0n) is 12.0. The molecule has 0 heterocycles. The Balaban J connectivity index is 1.88. The Labute approximate surface area is 132 Å². The summed E-state index contributed by atoms with van der Waals surface area (Å²) in [7, 11) is 0. The number of nitrogens with one attached hydrogen (secondary N) is 2. The lowest BCUT2D eigenvalue weighted by atomic mass is 9.85. The highest BCUT2D eigenvalue weighted by atomic mass is 35.5. The fourth-order valence-corrected chi connectivity index (χ4v) is 2.64. The van der Waals surface area contributed by atoms with Gasteiger partial charge in [-0.3, -0.25) is 9.59 Å². The van der Waals surface area contributed by atoms with Crippen molar-refractivity contribution in [2.45, 2.75) is 37.7 Å². The third-order valence-corrected chi connectivity index (χ3v) is 3.98. The molecule has 7 heteroatoms. The third kappa shape index (κ3) is 4.42. The standard InChI is InChI=1S/C15H18ClFN2O3/c16-10-4-5-12(11(17)8-10)19-14(21)13(20)18-9-15(22)6-2-1-3-7-15/h4-5,8,22H,1-3,6-7,9H2,(H,18,20)(H,19,21). The highest BCUT2D eigenvalue weighted by molar-refractivity contribution is 6.39. The Morgan fingerprint density at radius 1 is 1.23 bits per heavy atom. The molecule has 1 aromatic rings. The number of amides is 2. The molecule has 0 spiro atoms. The summed E-state index contributed by atoms with van der Waals surface area (Å²) in [6, 6.07) is 3.72. The van der Waals surface area contributed by atoms with Gasteiger partial charge in [0.2, 0.25) is 0 Å². The van der Waals surface area contributed by atoms with Crippen molar-refractivity contribution in [3.63, 3.8) is 0 Å². The van der Waals surface area contributed by atoms with Crippen LogP contribution in [0, 0.1) is 5.82 Å². The number of benzene rings is 1. The van der Waals surface area contributed by atoms with Crippen LogP contribution in [0.5, 0.6) is 0 Å². The highest BCUT2D eigenvalue weighted by Crippen LogP contribution is 2.27. The molecule has 2 rings (SSSR count). The molecule has 1 fully saturated rings. The smallest absolute Gasteiger partial charge is 0.313 e. The normalized spacial score (nSPS) is 16.9. The Kier molecular flexibility index (Phi) is 5.37. The van der Waals surface area contributed by atoms with Gasteiger partial charge in [-0.1, -0.05) is 30.9 Å². The fourth-order valence-electron chi connectivity index (χ4n) is 2.48. The Hall–Kier alpha value is -1.66. The second-order valence-electron chi connectivity index (χ2n) is 5.55. The van der Waals surface area contributed by atoms with Crippen molar-refractivity contribution in [2.24, 2.45) is 0 Å². The summed E-state index contributed by atoms with van der Waals surface area (Å²) in [5.41, 5.74) is -1.08. The van der Waals surface area contributed by atoms with E-state index in [4.69, 9.17) is 11.6 Å². The summed E-state index contributed by atoms with van der Waals surface area (Å²) >= 11 is 5.61. The summed E-state index contributed by atoms with van der Waals surface area (Å²) < 4.78 is 13.5. The van der Waals surface area contributed by atoms with Gasteiger partial charge in [-0.2, -0.15) is 0 Å². The van der Waals surface area contributed by atoms with Gasteiger partial charge in [0.25, 0.3) is 0 Å². The largest absolute Gasteiger partial charge is 0.388 e. The van der Waals surface area contributed by atoms with E-state index in [-0.39, 0.29) is 17.3 Å². The molecule has 1 saturated carbocycles. The van der Waals surface area contributed by atoms with Crippen molar-refractivity contribution in [3.8, 4) is 0 Å². The molecule has 1 aliphatic carbocycles. The second kappa shape index (κ2) is 7.07. The maximum atomic E-state index is 13.5. The average molecular weight is 329 g/mol. The molecule has 0 bridgehead atoms. The predicted octanol–water partition coefficient (Wildman–Crippen LogP) is 2.23. The van der Waals surface area contributed by atoms with Crippen molar-refractivity contribution < 1.29 is 19.1 Å². The second-order valence-corrected chi connectivity index (χ2v) is 5.98. The molecular weight excluding hydrogens is 311 g/mol. The number of rotatable bonds is 3. The molecule has 120 valence electrons. The van der Waals surface area contributed by atoms with Crippen molar-refractivity contribution in [3.05, 3.63) is 29.0 Å². The minimum absolute atomic E-state index is 0.0162. The quantitative estimate of drug-likeness (QED) is 0.744. The van der Waals surface area contributed by atoms with Crippen LogP contribution in [0.2, 0.25) is 5.02 Å². The Morgan fingerprint density at radius 2 is 1.91 bits per heavy atom. The number of aliphatic hydroxyl groups is 1. The summed E-state index contributed by atoms with van der Waals surface area (Å²) in [5.74, 6) is -2.62. The molecule has 0 radical (unpaired) electrons. The van der Waals surface area contributed by atoms with Gasteiger partial charge in [-0.25, -0.2) is 4.39 Å². The van der Waals surface area contributed by atoms with E-state index in [1.807, 2.05) is 0 Å². The first kappa shape index (κ1) is 16.7. The van der Waals surface area contributed by atoms with E-state index in [0.29, 0.717) is 12.8 Å². The van der Waals surface area contributed by atoms with E-state index in [9.17, 15) is 19.1 Å². The van der Waals surface area contributed by atoms with Crippen molar-refractivity contribution in [1.29, 1.82) is 0 Å². The minimum atomic E-state index is -0.986. The molecule has 5 nitrogen and oxygen atoms in total. The van der Waals surface area contributed by atoms with E-state index in [1.54, 1.807) is 0 Å². The van der Waals surface area contributed by atoms with Crippen molar-refractivity contribution in [2.75, 3.05) is 11.9 Å². The van der Waals surface area contributed by atoms with Crippen LogP contribution in [0.1, 0.15) is 32.1 Å². The number of hydrogen-bond donors (Lipinski definition) is 3. The van der Waals surface area contributed by atoms with Gasteiger partial charge in [-0.15, -0.1) is 0 Å². The molecule has 0 saturated heterocycles. The summed E-state index contributed by atoms with van der Waals surface area (Å²) in [4.78, 5) is 23.4. The maximum absolute atomic E-state index is 13.5. The van der Waals surface area contributed by atoms with Gasteiger partial charge in [0.05, 0.1) is 11.3 Å². The van der Waals surface area contributed by atoms with Crippen LogP contribution in [-0.2, 0) is 9.59 Å². The van der Waals surface area contributed by atoms with Crippen LogP contribution in [0.4, 0.5) is 10.1 Å². The van der Waals surface area contributed by atoms with Crippen molar-refractivity contribution >= 4 is 29.1 Å². The molecule has 2 amide bonds. The highest BCUT2D eigenvalue weighted by Gasteiger charge is 2.30. The molecule has 3 N–H and O–H groups in total. The zero-order valence-corrected chi connectivity index (χ0v) is 12.8. The van der Waals surface area contributed by atoms with Crippen LogP contribution in [0.15, 0.2) is 18.2 Å². The average Bonchev–Trinajstić information content (AvgIpc) is 2.48. The van der Waals surface area contributed by atoms with E-state index in [2.05, 4.69) is 10.6 Å². The lowest BCUT2D eigenvalue weighted by Crippen LogP contribution is -2.47. The van der Waals surface area contributed by atoms with Gasteiger partial charge in [-0.05, 0) is 31.0 Å². The molecule has 0 atom stereocenters. The number of carbonyl (C=O) groups excluding carboxylic acids is 2. The van der Waals surface area contributed by atoms with Gasteiger partial charge in [0, 0.05) is 11.6 Å². The van der Waals surface area contributed by atoms with Crippen molar-refractivity contribution in [1.82, 2.24) is 5.32 Å². The molecule has 1 aromatic carbocycles. The third-order valence-electron chi connectivity index (χ3n) is 3.75. The lowest BCUT2D eigenvalue weighted by Gasteiger charge is -2.31. The molecule has 1 aliphatic rings. The number of carbonyl (C=O) groups is 2. The van der Waals surface area contributed by atoms with Crippen LogP contribution in [-0.4, -0.2) is 29.1 Å². The fraction of sp³-hybridized carbons (Fsp3) is 0.467. The van der Waals surface area contributed by atoms with E-state index < -0.39 is 23.2 Å². The number of halogens is 2. The molecule has 0 aliphatic heterocycles. The van der Waals surface area contributed by atoms with Crippen LogP contribution < -0.4 is 10.6 Å². The van der Waals surface area contributed by atoms with Crippen LogP contribution >= 0.6 is 11.6 Å². The summed E-state index contributed by atoms with van der Waals surface area (Å²) in [5, 5.41) is 15.0. The number of anilines is 1. The zero-order chi connectivity index (χ0) is 16.2. The molecular formula is C15H18ClFN2O3. The Bertz CT molecular complexity index is 574. The van der Waals surface area contributed by atoms with Crippen LogP contribution in [0.3, 0.4) is 0 Å². The first-order chi connectivity index (χ1) is 10.4. The van der Waals surface area contributed by atoms with Crippen LogP contribution in [0.25, 0.3) is 0 Å². The Morgan fingerprint density at radius 3 is 2.55 bits per heavy atom. The predicted molar refractivity (Wildman–Crippen MR) is 81.1 cm³/mol. The first-order valence-electron chi connectivity index (χ1n) is 7.16. The van der Waals surface area contributed by atoms with E-state index >= 15 is 0 Å². The monoisotopic (exact) mass is 328 g/mol. The minimum Gasteiger partial charge on any atom is -0.388 e. The van der Waals surface area contributed by atoms with E-state index in [1.165, 1.54) is 12.1 Å². The summed E-state index contributed by atoms with van der Waals surface area (Å²) in [6.45, 7) is 0.0162. The summed E-state index contributed by atoms with van der Waals surface area (Å²) in [6.07, 6.45) is 4.05. The maximum Gasteiger partial charge on any atom is 0.313 e.